The lowest BCUT2D eigenvalue weighted by Gasteiger charge is -2.42. The van der Waals surface area contributed by atoms with Gasteiger partial charge in [-0.15, -0.1) is 0 Å². The highest BCUT2D eigenvalue weighted by atomic mass is 16.5. The number of nitrogens with zero attached hydrogens (tertiary/aromatic N) is 1. The molecule has 1 aliphatic heterocycles. The van der Waals surface area contributed by atoms with Crippen LogP contribution in [-0.4, -0.2) is 49.6 Å². The van der Waals surface area contributed by atoms with Crippen LogP contribution < -0.4 is 5.32 Å². The number of amides is 2. The second kappa shape index (κ2) is 9.23. The molecule has 2 aliphatic rings. The van der Waals surface area contributed by atoms with Gasteiger partial charge in [0.1, 0.15) is 6.61 Å². The largest absolute Gasteiger partial charge is 0.375 e. The molecule has 5 heteroatoms. The van der Waals surface area contributed by atoms with E-state index in [0.717, 1.165) is 31.2 Å². The number of methoxy groups -OCH3 is 1. The fraction of sp³-hybridized carbons (Fsp3) is 0.462. The number of hydrogen-bond donors (Lipinski definition) is 1. The SMILES string of the molecule is COCC(=O)N1CCCC(Cc2ccc(-c3ccc(C)cc3)cc2)(C(=O)NC2CC2)C1. The zero-order valence-corrected chi connectivity index (χ0v) is 18.5. The third-order valence-corrected chi connectivity index (χ3v) is 6.47. The Kier molecular flexibility index (Phi) is 6.42. The van der Waals surface area contributed by atoms with Crippen LogP contribution in [0.5, 0.6) is 0 Å². The van der Waals surface area contributed by atoms with Gasteiger partial charge in [-0.1, -0.05) is 54.1 Å². The molecule has 0 aromatic heterocycles. The Balaban J connectivity index is 1.54. The highest BCUT2D eigenvalue weighted by Gasteiger charge is 2.44. The van der Waals surface area contributed by atoms with Gasteiger partial charge in [0.25, 0.3) is 0 Å². The van der Waals surface area contributed by atoms with Crippen molar-refractivity contribution in [2.75, 3.05) is 26.8 Å². The summed E-state index contributed by atoms with van der Waals surface area (Å²) in [7, 11) is 1.53. The summed E-state index contributed by atoms with van der Waals surface area (Å²) in [6.07, 6.45) is 4.37. The van der Waals surface area contributed by atoms with Crippen molar-refractivity contribution in [2.45, 2.75) is 45.1 Å². The predicted molar refractivity (Wildman–Crippen MR) is 122 cm³/mol. The molecule has 31 heavy (non-hydrogen) atoms. The standard InChI is InChI=1S/C26H32N2O3/c1-19-4-8-21(9-5-19)22-10-6-20(7-11-22)16-26(25(30)27-23-12-13-23)14-3-15-28(18-26)24(29)17-31-2/h4-11,23H,3,12-18H2,1-2H3,(H,27,30). The molecule has 164 valence electrons. The summed E-state index contributed by atoms with van der Waals surface area (Å²) < 4.78 is 5.05. The Morgan fingerprint density at radius 2 is 1.71 bits per heavy atom. The summed E-state index contributed by atoms with van der Waals surface area (Å²) in [5.41, 5.74) is 4.14. The van der Waals surface area contributed by atoms with Crippen LogP contribution in [-0.2, 0) is 20.7 Å². The number of benzene rings is 2. The van der Waals surface area contributed by atoms with E-state index < -0.39 is 5.41 Å². The molecule has 2 aromatic carbocycles. The van der Waals surface area contributed by atoms with Crippen LogP contribution in [0.3, 0.4) is 0 Å². The quantitative estimate of drug-likeness (QED) is 0.742. The maximum atomic E-state index is 13.3. The van der Waals surface area contributed by atoms with Crippen LogP contribution >= 0.6 is 0 Å². The summed E-state index contributed by atoms with van der Waals surface area (Å²) in [5.74, 6) is 0.0491. The number of ether oxygens (including phenoxy) is 1. The van der Waals surface area contributed by atoms with Crippen molar-refractivity contribution in [3.05, 3.63) is 59.7 Å². The molecule has 5 nitrogen and oxygen atoms in total. The van der Waals surface area contributed by atoms with Crippen molar-refractivity contribution in [2.24, 2.45) is 5.41 Å². The van der Waals surface area contributed by atoms with Gasteiger partial charge < -0.3 is 15.0 Å². The first-order chi connectivity index (χ1) is 15.0. The van der Waals surface area contributed by atoms with Crippen molar-refractivity contribution in [3.8, 4) is 11.1 Å². The first kappa shape index (κ1) is 21.6. The maximum absolute atomic E-state index is 13.3. The van der Waals surface area contributed by atoms with E-state index in [1.54, 1.807) is 4.90 Å². The van der Waals surface area contributed by atoms with Crippen LogP contribution in [0.25, 0.3) is 11.1 Å². The number of aryl methyl sites for hydroxylation is 1. The molecule has 1 heterocycles. The minimum absolute atomic E-state index is 0.0412. The van der Waals surface area contributed by atoms with E-state index >= 15 is 0 Å². The fourth-order valence-electron chi connectivity index (χ4n) is 4.49. The highest BCUT2D eigenvalue weighted by molar-refractivity contribution is 5.85. The molecule has 1 atom stereocenters. The molecule has 1 saturated carbocycles. The molecule has 1 saturated heterocycles. The average Bonchev–Trinajstić information content (AvgIpc) is 3.59. The maximum Gasteiger partial charge on any atom is 0.248 e. The van der Waals surface area contributed by atoms with E-state index in [1.807, 2.05) is 0 Å². The Hall–Kier alpha value is -2.66. The average molecular weight is 421 g/mol. The van der Waals surface area contributed by atoms with E-state index in [0.29, 0.717) is 25.6 Å². The zero-order chi connectivity index (χ0) is 21.8. The summed E-state index contributed by atoms with van der Waals surface area (Å²) in [6.45, 7) is 3.29. The van der Waals surface area contributed by atoms with Crippen molar-refractivity contribution in [1.82, 2.24) is 10.2 Å². The van der Waals surface area contributed by atoms with Crippen LogP contribution in [0.2, 0.25) is 0 Å². The van der Waals surface area contributed by atoms with E-state index in [-0.39, 0.29) is 18.4 Å². The Morgan fingerprint density at radius 3 is 2.32 bits per heavy atom. The molecule has 2 aromatic rings. The number of piperidine rings is 1. The van der Waals surface area contributed by atoms with E-state index in [1.165, 1.54) is 23.8 Å². The van der Waals surface area contributed by atoms with Gasteiger partial charge in [-0.05, 0) is 55.7 Å². The van der Waals surface area contributed by atoms with Gasteiger partial charge in [0.2, 0.25) is 11.8 Å². The summed E-state index contributed by atoms with van der Waals surface area (Å²) >= 11 is 0. The minimum Gasteiger partial charge on any atom is -0.375 e. The number of hydrogen-bond acceptors (Lipinski definition) is 3. The van der Waals surface area contributed by atoms with E-state index in [2.05, 4.69) is 60.8 Å². The van der Waals surface area contributed by atoms with Gasteiger partial charge in [-0.3, -0.25) is 9.59 Å². The van der Waals surface area contributed by atoms with Gasteiger partial charge in [0, 0.05) is 26.2 Å². The third-order valence-electron chi connectivity index (χ3n) is 6.47. The van der Waals surface area contributed by atoms with Crippen molar-refractivity contribution in [3.63, 3.8) is 0 Å². The summed E-state index contributed by atoms with van der Waals surface area (Å²) in [5, 5.41) is 3.21. The normalized spacial score (nSPS) is 21.0. The molecule has 1 N–H and O–H groups in total. The first-order valence-electron chi connectivity index (χ1n) is 11.2. The van der Waals surface area contributed by atoms with Crippen molar-refractivity contribution < 1.29 is 14.3 Å². The van der Waals surface area contributed by atoms with Crippen LogP contribution in [0.4, 0.5) is 0 Å². The van der Waals surface area contributed by atoms with Crippen LogP contribution in [0.15, 0.2) is 48.5 Å². The minimum atomic E-state index is -0.588. The van der Waals surface area contributed by atoms with Gasteiger partial charge >= 0.3 is 0 Å². The van der Waals surface area contributed by atoms with Gasteiger partial charge in [-0.25, -0.2) is 0 Å². The molecular weight excluding hydrogens is 388 g/mol. The number of carbonyl (C=O) groups is 2. The monoisotopic (exact) mass is 420 g/mol. The number of likely N-dealkylation sites (tertiary alicyclic amines) is 1. The smallest absolute Gasteiger partial charge is 0.248 e. The number of carbonyl (C=O) groups excluding carboxylic acids is 2. The topological polar surface area (TPSA) is 58.6 Å². The summed E-state index contributed by atoms with van der Waals surface area (Å²) in [6, 6.07) is 17.3. The summed E-state index contributed by atoms with van der Waals surface area (Å²) in [4.78, 5) is 27.6. The molecule has 1 aliphatic carbocycles. The Labute approximate surface area is 184 Å². The molecule has 2 amide bonds. The number of nitrogens with one attached hydrogen (secondary N) is 1. The molecule has 0 radical (unpaired) electrons. The van der Waals surface area contributed by atoms with Crippen molar-refractivity contribution in [1.29, 1.82) is 0 Å². The predicted octanol–water partition coefficient (Wildman–Crippen LogP) is 3.74. The van der Waals surface area contributed by atoms with Gasteiger partial charge in [-0.2, -0.15) is 0 Å². The number of rotatable bonds is 7. The van der Waals surface area contributed by atoms with Crippen molar-refractivity contribution >= 4 is 11.8 Å². The third kappa shape index (κ3) is 5.16. The molecule has 0 spiro atoms. The highest BCUT2D eigenvalue weighted by Crippen LogP contribution is 2.36. The molecule has 4 rings (SSSR count). The molecule has 2 fully saturated rings. The molecule has 1 unspecified atom stereocenters. The second-order valence-corrected chi connectivity index (χ2v) is 9.12. The Bertz CT molecular complexity index is 919. The lowest BCUT2D eigenvalue weighted by atomic mass is 9.74. The van der Waals surface area contributed by atoms with E-state index in [9.17, 15) is 9.59 Å². The first-order valence-corrected chi connectivity index (χ1v) is 11.2. The molecular formula is C26H32N2O3. The van der Waals surface area contributed by atoms with Crippen LogP contribution in [0.1, 0.15) is 36.8 Å². The Morgan fingerprint density at radius 1 is 1.06 bits per heavy atom. The fourth-order valence-corrected chi connectivity index (χ4v) is 4.49. The van der Waals surface area contributed by atoms with Gasteiger partial charge in [0.15, 0.2) is 0 Å². The molecule has 0 bridgehead atoms. The van der Waals surface area contributed by atoms with Crippen LogP contribution in [0, 0.1) is 12.3 Å². The zero-order valence-electron chi connectivity index (χ0n) is 18.5. The van der Waals surface area contributed by atoms with E-state index in [4.69, 9.17) is 4.74 Å². The van der Waals surface area contributed by atoms with Gasteiger partial charge in [0.05, 0.1) is 5.41 Å². The lowest BCUT2D eigenvalue weighted by molar-refractivity contribution is -0.144. The lowest BCUT2D eigenvalue weighted by Crippen LogP contribution is -2.55. The second-order valence-electron chi connectivity index (χ2n) is 9.12.